The topological polar surface area (TPSA) is 118 Å². The molecular weight excluding hydrogens is 327 g/mol. The molecule has 3 rings (SSSR count). The van der Waals surface area contributed by atoms with Gasteiger partial charge in [0.15, 0.2) is 23.9 Å². The van der Waals surface area contributed by atoms with Crippen LogP contribution in [-0.2, 0) is 13.8 Å². The zero-order valence-electron chi connectivity index (χ0n) is 12.2. The highest BCUT2D eigenvalue weighted by Gasteiger charge is 2.40. The smallest absolute Gasteiger partial charge is 0.382 e. The number of alkyl halides is 1. The predicted molar refractivity (Wildman–Crippen MR) is 81.0 cm³/mol. The number of fused-ring (bicyclic) bond motifs is 1. The molecule has 1 unspecified atom stereocenters. The van der Waals surface area contributed by atoms with Crippen LogP contribution in [0.1, 0.15) is 13.2 Å². The van der Waals surface area contributed by atoms with Gasteiger partial charge in [0.2, 0.25) is 0 Å². The Morgan fingerprint density at radius 3 is 2.91 bits per heavy atom. The maximum atomic E-state index is 14.6. The van der Waals surface area contributed by atoms with E-state index in [1.807, 2.05) is 0 Å². The molecule has 0 aliphatic carbocycles. The third kappa shape index (κ3) is 3.43. The van der Waals surface area contributed by atoms with Crippen LogP contribution in [-0.4, -0.2) is 57.5 Å². The molecule has 9 nitrogen and oxygen atoms in total. The van der Waals surface area contributed by atoms with E-state index >= 15 is 0 Å². The Balaban J connectivity index is 1.96. The molecule has 0 aromatic carbocycles. The van der Waals surface area contributed by atoms with E-state index in [1.165, 1.54) is 17.2 Å². The Morgan fingerprint density at radius 1 is 1.39 bits per heavy atom. The van der Waals surface area contributed by atoms with E-state index in [0.717, 1.165) is 0 Å². The first kappa shape index (κ1) is 16.5. The lowest BCUT2D eigenvalue weighted by atomic mass is 10.3. The van der Waals surface area contributed by atoms with Crippen molar-refractivity contribution in [1.82, 2.24) is 19.5 Å². The molecule has 0 bridgehead atoms. The summed E-state index contributed by atoms with van der Waals surface area (Å²) in [5.41, 5.74) is 6.40. The van der Waals surface area contributed by atoms with Crippen molar-refractivity contribution < 1.29 is 23.1 Å². The largest absolute Gasteiger partial charge is 0.488 e. The van der Waals surface area contributed by atoms with E-state index < -0.39 is 32.9 Å². The number of nitrogens with zero attached hydrogens (tertiary/aromatic N) is 4. The summed E-state index contributed by atoms with van der Waals surface area (Å²) in [6.45, 7) is 1.11. The van der Waals surface area contributed by atoms with Crippen LogP contribution in [0.2, 0.25) is 0 Å². The zero-order valence-corrected chi connectivity index (χ0v) is 13.1. The van der Waals surface area contributed by atoms with Gasteiger partial charge in [-0.25, -0.2) is 24.2 Å². The minimum absolute atomic E-state index is 0.0479. The number of anilines is 1. The van der Waals surface area contributed by atoms with E-state index in [0.29, 0.717) is 11.2 Å². The highest BCUT2D eigenvalue weighted by Crippen LogP contribution is 2.52. The Bertz CT molecular complexity index is 704. The van der Waals surface area contributed by atoms with Crippen LogP contribution in [0.15, 0.2) is 12.7 Å². The fourth-order valence-electron chi connectivity index (χ4n) is 2.17. The lowest BCUT2D eigenvalue weighted by molar-refractivity contribution is -0.0971. The second-order valence-electron chi connectivity index (χ2n) is 5.09. The summed E-state index contributed by atoms with van der Waals surface area (Å²) in [5.74, 6) is 0.183. The summed E-state index contributed by atoms with van der Waals surface area (Å²) < 4.78 is 31.7. The summed E-state index contributed by atoms with van der Waals surface area (Å²) in [7, 11) is 1.90. The normalized spacial score (nSPS) is 33.1. The molecule has 1 fully saturated rings. The van der Waals surface area contributed by atoms with Crippen LogP contribution >= 0.6 is 7.82 Å². The molecule has 1 aliphatic rings. The fraction of sp³-hybridized carbons (Fsp3) is 0.545. The predicted octanol–water partition coefficient (Wildman–Crippen LogP) is 0.535. The molecule has 0 saturated carbocycles. The molecule has 0 amide bonds. The minimum atomic E-state index is -3.56. The number of imidazole rings is 1. The van der Waals surface area contributed by atoms with Crippen molar-refractivity contribution in [2.75, 3.05) is 18.9 Å². The average Bonchev–Trinajstić information content (AvgIpc) is 2.94. The standard InChI is InChI=1S/C11H15BFN5O4P/c1-6-2-20-23(12,19)21-3-7(13)11(22-6)18-5-17-8-9(14)15-4-16-10(8)18/h4-7,11,19H,2-3H2,1H3,(H2,14,15,16)/q+1/t6-,7-,11+,23?/m0/s1. The average molecular weight is 342 g/mol. The van der Waals surface area contributed by atoms with E-state index in [4.69, 9.17) is 27.1 Å². The Morgan fingerprint density at radius 2 is 2.13 bits per heavy atom. The Labute approximate surface area is 132 Å². The quantitative estimate of drug-likeness (QED) is 0.569. The van der Waals surface area contributed by atoms with Gasteiger partial charge in [0, 0.05) is 0 Å². The molecule has 2 aromatic rings. The second-order valence-corrected chi connectivity index (χ2v) is 6.74. The molecule has 3 N–H and O–H groups in total. The van der Waals surface area contributed by atoms with Crippen molar-refractivity contribution in [2.45, 2.75) is 25.4 Å². The zero-order chi connectivity index (χ0) is 16.6. The highest BCUT2D eigenvalue weighted by atomic mass is 31.2. The number of nitrogens with two attached hydrogens (primary N) is 1. The summed E-state index contributed by atoms with van der Waals surface area (Å²) in [6.07, 6.45) is -0.659. The van der Waals surface area contributed by atoms with Gasteiger partial charge in [0.1, 0.15) is 25.1 Å². The van der Waals surface area contributed by atoms with Crippen LogP contribution in [0.4, 0.5) is 10.2 Å². The van der Waals surface area contributed by atoms with Crippen LogP contribution in [0.3, 0.4) is 0 Å². The van der Waals surface area contributed by atoms with E-state index in [1.54, 1.807) is 6.92 Å². The van der Waals surface area contributed by atoms with Crippen LogP contribution < -0.4 is 5.73 Å². The van der Waals surface area contributed by atoms with Crippen molar-refractivity contribution in [3.63, 3.8) is 0 Å². The third-order valence-electron chi connectivity index (χ3n) is 3.26. The van der Waals surface area contributed by atoms with E-state index in [-0.39, 0.29) is 12.4 Å². The summed E-state index contributed by atoms with van der Waals surface area (Å²) in [6, 6.07) is 0. The summed E-state index contributed by atoms with van der Waals surface area (Å²) in [4.78, 5) is 21.7. The molecule has 122 valence electrons. The molecule has 2 radical (unpaired) electrons. The van der Waals surface area contributed by atoms with Crippen molar-refractivity contribution in [3.05, 3.63) is 12.7 Å². The number of halogens is 1. The fourth-order valence-corrected chi connectivity index (χ4v) is 3.02. The molecular formula is C11H15BFN5O4P+. The maximum absolute atomic E-state index is 14.6. The SMILES string of the molecule is [B][P+]1(O)OC[C@H](C)O[C@@H](n2cnc3c(N)ncnc32)[C@@H](F)CO1. The molecule has 23 heavy (non-hydrogen) atoms. The summed E-state index contributed by atoms with van der Waals surface area (Å²) in [5, 5.41) is 0. The second kappa shape index (κ2) is 6.25. The van der Waals surface area contributed by atoms with E-state index in [2.05, 4.69) is 15.0 Å². The minimum Gasteiger partial charge on any atom is -0.382 e. The number of rotatable bonds is 1. The molecule has 0 spiro atoms. The molecule has 1 aliphatic heterocycles. The monoisotopic (exact) mass is 342 g/mol. The maximum Gasteiger partial charge on any atom is 0.488 e. The first-order valence-corrected chi connectivity index (χ1v) is 8.44. The van der Waals surface area contributed by atoms with Crippen LogP contribution in [0.5, 0.6) is 0 Å². The first-order chi connectivity index (χ1) is 10.9. The molecule has 12 heteroatoms. The van der Waals surface area contributed by atoms with Crippen molar-refractivity contribution in [3.8, 4) is 0 Å². The number of hydrogen-bond acceptors (Lipinski definition) is 8. The van der Waals surface area contributed by atoms with Crippen molar-refractivity contribution in [2.24, 2.45) is 0 Å². The number of ether oxygens (including phenoxy) is 1. The Hall–Kier alpha value is -1.39. The van der Waals surface area contributed by atoms with Gasteiger partial charge in [0.05, 0.1) is 12.4 Å². The lowest BCUT2D eigenvalue weighted by Gasteiger charge is -2.24. The Kier molecular flexibility index (Phi) is 4.48. The first-order valence-electron chi connectivity index (χ1n) is 6.79. The van der Waals surface area contributed by atoms with Gasteiger partial charge in [-0.15, -0.1) is 0 Å². The molecule has 4 atom stereocenters. The van der Waals surface area contributed by atoms with Gasteiger partial charge in [-0.3, -0.25) is 4.57 Å². The van der Waals surface area contributed by atoms with Gasteiger partial charge >= 0.3 is 15.4 Å². The molecule has 2 aromatic heterocycles. The lowest BCUT2D eigenvalue weighted by Crippen LogP contribution is -2.30. The van der Waals surface area contributed by atoms with Gasteiger partial charge in [-0.1, -0.05) is 0 Å². The molecule has 1 saturated heterocycles. The van der Waals surface area contributed by atoms with E-state index in [9.17, 15) is 9.28 Å². The van der Waals surface area contributed by atoms with Gasteiger partial charge in [0.25, 0.3) is 0 Å². The highest BCUT2D eigenvalue weighted by molar-refractivity contribution is 7.85. The number of aromatic nitrogens is 4. The van der Waals surface area contributed by atoms with Gasteiger partial charge < -0.3 is 10.5 Å². The summed E-state index contributed by atoms with van der Waals surface area (Å²) >= 11 is 0. The number of nitrogen functional groups attached to an aromatic ring is 1. The number of hydrogen-bond donors (Lipinski definition) is 2. The third-order valence-corrected chi connectivity index (χ3v) is 4.29. The van der Waals surface area contributed by atoms with Crippen molar-refractivity contribution in [1.29, 1.82) is 0 Å². The molecule has 3 heterocycles. The van der Waals surface area contributed by atoms with Crippen molar-refractivity contribution >= 4 is 32.4 Å². The van der Waals surface area contributed by atoms with Gasteiger partial charge in [-0.05, 0) is 6.92 Å². The van der Waals surface area contributed by atoms with Crippen LogP contribution in [0.25, 0.3) is 11.2 Å². The van der Waals surface area contributed by atoms with Crippen LogP contribution in [0, 0.1) is 0 Å². The van der Waals surface area contributed by atoms with Gasteiger partial charge in [-0.2, -0.15) is 9.05 Å².